The van der Waals surface area contributed by atoms with Gasteiger partial charge in [0.15, 0.2) is 0 Å². The first-order valence-corrected chi connectivity index (χ1v) is 5.82. The monoisotopic (exact) mass is 208 g/mol. The topological polar surface area (TPSA) is 20.2 Å². The maximum atomic E-state index is 9.32. The highest BCUT2D eigenvalue weighted by Gasteiger charge is 2.28. The van der Waals surface area contributed by atoms with E-state index in [9.17, 15) is 5.11 Å². The van der Waals surface area contributed by atoms with Crippen molar-refractivity contribution < 1.29 is 5.11 Å². The molecule has 1 rings (SSSR count). The van der Waals surface area contributed by atoms with Crippen molar-refractivity contribution in [3.8, 4) is 0 Å². The molecule has 1 nitrogen and oxygen atoms in total. The van der Waals surface area contributed by atoms with Gasteiger partial charge in [-0.05, 0) is 38.5 Å². The van der Waals surface area contributed by atoms with E-state index in [1.165, 1.54) is 29.6 Å². The Morgan fingerprint density at radius 3 is 2.60 bits per heavy atom. The predicted octanol–water partition coefficient (Wildman–Crippen LogP) is 3.70. The van der Waals surface area contributed by atoms with Crippen molar-refractivity contribution in [3.05, 3.63) is 23.3 Å². The lowest BCUT2D eigenvalue weighted by Crippen LogP contribution is -2.19. The summed E-state index contributed by atoms with van der Waals surface area (Å²) in [6.45, 7) is 12.9. The van der Waals surface area contributed by atoms with Gasteiger partial charge >= 0.3 is 0 Å². The molecule has 0 aromatic carbocycles. The summed E-state index contributed by atoms with van der Waals surface area (Å²) >= 11 is 0. The third-order valence-electron chi connectivity index (χ3n) is 3.47. The second kappa shape index (κ2) is 4.52. The third-order valence-corrected chi connectivity index (χ3v) is 3.47. The zero-order chi connectivity index (χ0) is 11.6. The molecule has 15 heavy (non-hydrogen) atoms. The number of hydrogen-bond donors (Lipinski definition) is 1. The van der Waals surface area contributed by atoms with E-state index in [0.717, 1.165) is 6.42 Å². The quantitative estimate of drug-likeness (QED) is 0.698. The lowest BCUT2D eigenvalue weighted by atomic mass is 9.80. The van der Waals surface area contributed by atoms with E-state index < -0.39 is 0 Å². The standard InChI is InChI=1S/C14H24O/c1-10(2)12-7-6-11(3)13(12)8-14(4,5)9-15/h12,15H,1,6-9H2,2-5H3. The van der Waals surface area contributed by atoms with Crippen LogP contribution in [0.1, 0.15) is 47.0 Å². The SMILES string of the molecule is C=C(C)C1CCC(C)=C1CC(C)(C)CO. The molecule has 86 valence electrons. The average molecular weight is 208 g/mol. The van der Waals surface area contributed by atoms with Crippen LogP contribution in [-0.2, 0) is 0 Å². The summed E-state index contributed by atoms with van der Waals surface area (Å²) in [6.07, 6.45) is 3.43. The van der Waals surface area contributed by atoms with E-state index in [4.69, 9.17) is 0 Å². The number of aliphatic hydroxyl groups excluding tert-OH is 1. The van der Waals surface area contributed by atoms with E-state index in [1.54, 1.807) is 0 Å². The largest absolute Gasteiger partial charge is 0.396 e. The van der Waals surface area contributed by atoms with Crippen LogP contribution in [0.3, 0.4) is 0 Å². The molecular formula is C14H24O. The van der Waals surface area contributed by atoms with Gasteiger partial charge in [-0.3, -0.25) is 0 Å². The molecule has 1 aliphatic rings. The maximum Gasteiger partial charge on any atom is 0.0485 e. The highest BCUT2D eigenvalue weighted by Crippen LogP contribution is 2.41. The fraction of sp³-hybridized carbons (Fsp3) is 0.714. The first kappa shape index (κ1) is 12.5. The molecule has 0 heterocycles. The van der Waals surface area contributed by atoms with Gasteiger partial charge in [-0.1, -0.05) is 37.1 Å². The minimum atomic E-state index is 0.00856. The minimum absolute atomic E-state index is 0.00856. The summed E-state index contributed by atoms with van der Waals surface area (Å²) in [5, 5.41) is 9.32. The van der Waals surface area contributed by atoms with E-state index in [0.29, 0.717) is 5.92 Å². The van der Waals surface area contributed by atoms with Crippen molar-refractivity contribution in [2.24, 2.45) is 11.3 Å². The van der Waals surface area contributed by atoms with Crippen LogP contribution >= 0.6 is 0 Å². The molecule has 0 saturated carbocycles. The van der Waals surface area contributed by atoms with Crippen molar-refractivity contribution in [2.75, 3.05) is 6.61 Å². The summed E-state index contributed by atoms with van der Waals surface area (Å²) in [5.74, 6) is 0.566. The summed E-state index contributed by atoms with van der Waals surface area (Å²) in [7, 11) is 0. The van der Waals surface area contributed by atoms with E-state index in [1.807, 2.05) is 0 Å². The van der Waals surface area contributed by atoms with E-state index in [-0.39, 0.29) is 12.0 Å². The van der Waals surface area contributed by atoms with Crippen LogP contribution in [0.5, 0.6) is 0 Å². The van der Waals surface area contributed by atoms with E-state index in [2.05, 4.69) is 34.3 Å². The van der Waals surface area contributed by atoms with Gasteiger partial charge in [0.1, 0.15) is 0 Å². The van der Waals surface area contributed by atoms with Gasteiger partial charge < -0.3 is 5.11 Å². The Labute approximate surface area is 93.9 Å². The van der Waals surface area contributed by atoms with Gasteiger partial charge in [0.25, 0.3) is 0 Å². The molecule has 1 aliphatic carbocycles. The van der Waals surface area contributed by atoms with Crippen LogP contribution in [0.15, 0.2) is 23.3 Å². The number of aliphatic hydroxyl groups is 1. The van der Waals surface area contributed by atoms with Crippen LogP contribution in [0.2, 0.25) is 0 Å². The normalized spacial score (nSPS) is 22.3. The molecule has 0 aromatic rings. The van der Waals surface area contributed by atoms with Crippen LogP contribution in [-0.4, -0.2) is 11.7 Å². The van der Waals surface area contributed by atoms with Gasteiger partial charge in [-0.15, -0.1) is 0 Å². The molecule has 0 aliphatic heterocycles. The highest BCUT2D eigenvalue weighted by atomic mass is 16.3. The van der Waals surface area contributed by atoms with Crippen LogP contribution in [0.25, 0.3) is 0 Å². The summed E-state index contributed by atoms with van der Waals surface area (Å²) in [4.78, 5) is 0. The lowest BCUT2D eigenvalue weighted by molar-refractivity contribution is 0.157. The Morgan fingerprint density at radius 2 is 2.13 bits per heavy atom. The molecule has 0 bridgehead atoms. The third kappa shape index (κ3) is 2.94. The average Bonchev–Trinajstić information content (AvgIpc) is 2.48. The minimum Gasteiger partial charge on any atom is -0.396 e. The van der Waals surface area contributed by atoms with Gasteiger partial charge in [0, 0.05) is 12.5 Å². The van der Waals surface area contributed by atoms with Crippen LogP contribution in [0.4, 0.5) is 0 Å². The van der Waals surface area contributed by atoms with Crippen LogP contribution in [0, 0.1) is 11.3 Å². The molecule has 1 heteroatoms. The molecule has 0 fully saturated rings. The molecule has 0 aromatic heterocycles. The number of allylic oxidation sites excluding steroid dienone is 3. The Bertz CT molecular complexity index is 284. The molecule has 0 saturated heterocycles. The maximum absolute atomic E-state index is 9.32. The van der Waals surface area contributed by atoms with Crippen molar-refractivity contribution in [1.82, 2.24) is 0 Å². The van der Waals surface area contributed by atoms with Crippen molar-refractivity contribution >= 4 is 0 Å². The summed E-state index contributed by atoms with van der Waals surface area (Å²) in [6, 6.07) is 0. The molecule has 1 N–H and O–H groups in total. The summed E-state index contributed by atoms with van der Waals surface area (Å²) in [5.41, 5.74) is 4.33. The lowest BCUT2D eigenvalue weighted by Gasteiger charge is -2.26. The Kier molecular flexibility index (Phi) is 3.77. The van der Waals surface area contributed by atoms with Gasteiger partial charge in [-0.25, -0.2) is 0 Å². The molecule has 1 atom stereocenters. The molecule has 0 spiro atoms. The molecule has 1 unspecified atom stereocenters. The molecule has 0 amide bonds. The van der Waals surface area contributed by atoms with Crippen molar-refractivity contribution in [1.29, 1.82) is 0 Å². The highest BCUT2D eigenvalue weighted by molar-refractivity contribution is 5.29. The molecule has 0 radical (unpaired) electrons. The van der Waals surface area contributed by atoms with Crippen molar-refractivity contribution in [3.63, 3.8) is 0 Å². The number of rotatable bonds is 4. The Balaban J connectivity index is 2.82. The van der Waals surface area contributed by atoms with Gasteiger partial charge in [-0.2, -0.15) is 0 Å². The van der Waals surface area contributed by atoms with E-state index >= 15 is 0 Å². The van der Waals surface area contributed by atoms with Crippen LogP contribution < -0.4 is 0 Å². The predicted molar refractivity (Wildman–Crippen MR) is 65.7 cm³/mol. The Morgan fingerprint density at radius 1 is 1.53 bits per heavy atom. The second-order valence-corrected chi connectivity index (χ2v) is 5.74. The zero-order valence-electron chi connectivity index (χ0n) is 10.6. The first-order chi connectivity index (χ1) is 6.87. The van der Waals surface area contributed by atoms with Gasteiger partial charge in [0.2, 0.25) is 0 Å². The first-order valence-electron chi connectivity index (χ1n) is 5.82. The number of hydrogen-bond acceptors (Lipinski definition) is 1. The Hall–Kier alpha value is -0.560. The smallest absolute Gasteiger partial charge is 0.0485 e. The van der Waals surface area contributed by atoms with Crippen molar-refractivity contribution in [2.45, 2.75) is 47.0 Å². The zero-order valence-corrected chi connectivity index (χ0v) is 10.6. The molecular weight excluding hydrogens is 184 g/mol. The fourth-order valence-corrected chi connectivity index (χ4v) is 2.38. The fourth-order valence-electron chi connectivity index (χ4n) is 2.38. The van der Waals surface area contributed by atoms with Gasteiger partial charge in [0.05, 0.1) is 0 Å². The second-order valence-electron chi connectivity index (χ2n) is 5.74. The summed E-state index contributed by atoms with van der Waals surface area (Å²) < 4.78 is 0.